The van der Waals surface area contributed by atoms with Crippen molar-refractivity contribution in [1.29, 1.82) is 0 Å². The predicted molar refractivity (Wildman–Crippen MR) is 119 cm³/mol. The summed E-state index contributed by atoms with van der Waals surface area (Å²) in [6.45, 7) is 2.88. The van der Waals surface area contributed by atoms with Crippen LogP contribution in [-0.2, 0) is 11.3 Å². The molecule has 1 fully saturated rings. The van der Waals surface area contributed by atoms with Crippen LogP contribution in [0.1, 0.15) is 30.1 Å². The fourth-order valence-electron chi connectivity index (χ4n) is 3.05. The maximum absolute atomic E-state index is 12.3. The summed E-state index contributed by atoms with van der Waals surface area (Å²) in [7, 11) is 0. The van der Waals surface area contributed by atoms with E-state index in [1.165, 1.54) is 0 Å². The lowest BCUT2D eigenvalue weighted by Gasteiger charge is -2.14. The van der Waals surface area contributed by atoms with Gasteiger partial charge in [0, 0.05) is 12.2 Å². The number of carbonyl (C=O) groups excluding carboxylic acids is 1. The van der Waals surface area contributed by atoms with Gasteiger partial charge >= 0.3 is 5.97 Å². The average Bonchev–Trinajstić information content (AvgIpc) is 3.46. The second-order valence-corrected chi connectivity index (χ2v) is 7.59. The van der Waals surface area contributed by atoms with E-state index in [0.717, 1.165) is 29.7 Å². The lowest BCUT2D eigenvalue weighted by atomic mass is 10.1. The molecule has 0 saturated heterocycles. The number of nitrogens with zero attached hydrogens (tertiary/aromatic N) is 3. The van der Waals surface area contributed by atoms with E-state index in [0.29, 0.717) is 37.0 Å². The molecule has 0 bridgehead atoms. The molecule has 1 aromatic carbocycles. The summed E-state index contributed by atoms with van der Waals surface area (Å²) < 4.78 is 12.6. The molecule has 7 nitrogen and oxygen atoms in total. The van der Waals surface area contributed by atoms with Gasteiger partial charge < -0.3 is 14.8 Å². The zero-order valence-corrected chi connectivity index (χ0v) is 18.2. The first-order valence-corrected chi connectivity index (χ1v) is 10.2. The zero-order valence-electron chi connectivity index (χ0n) is 16.6. The standard InChI is InChI=1S/C21H23ClN4O3.ClH/c1-2-28-21(27)18-10-23-20-17(19(18)25-15-8-9-15)11-24-26(20)12-14(22)13-29-16-6-4-3-5-7-16;/h3-7,10-11,14-15H,2,8-9,12-13H2,1H3,(H,23,25);1H. The molecule has 3 aromatic rings. The Kier molecular flexibility index (Phi) is 7.39. The van der Waals surface area contributed by atoms with Crippen molar-refractivity contribution < 1.29 is 14.3 Å². The number of para-hydroxylation sites is 1. The Hall–Kier alpha value is -2.51. The number of anilines is 1. The summed E-state index contributed by atoms with van der Waals surface area (Å²) in [6, 6.07) is 9.92. The smallest absolute Gasteiger partial charge is 0.341 e. The highest BCUT2D eigenvalue weighted by molar-refractivity contribution is 6.20. The molecule has 1 aliphatic rings. The van der Waals surface area contributed by atoms with E-state index in [9.17, 15) is 4.79 Å². The average molecular weight is 451 g/mol. The number of hydrogen-bond acceptors (Lipinski definition) is 6. The molecule has 0 amide bonds. The van der Waals surface area contributed by atoms with Crippen molar-refractivity contribution >= 4 is 46.7 Å². The first-order valence-electron chi connectivity index (χ1n) is 9.75. The van der Waals surface area contributed by atoms with Gasteiger partial charge in [-0.3, -0.25) is 0 Å². The highest BCUT2D eigenvalue weighted by Gasteiger charge is 2.26. The third kappa shape index (κ3) is 5.15. The van der Waals surface area contributed by atoms with Crippen molar-refractivity contribution in [2.75, 3.05) is 18.5 Å². The summed E-state index contributed by atoms with van der Waals surface area (Å²) in [5.74, 6) is 0.390. The van der Waals surface area contributed by atoms with E-state index in [4.69, 9.17) is 21.1 Å². The zero-order chi connectivity index (χ0) is 20.2. The van der Waals surface area contributed by atoms with Gasteiger partial charge in [0.05, 0.1) is 35.8 Å². The molecule has 4 rings (SSSR count). The second kappa shape index (κ2) is 10.00. The molecule has 160 valence electrons. The van der Waals surface area contributed by atoms with E-state index in [2.05, 4.69) is 15.4 Å². The van der Waals surface area contributed by atoms with Crippen LogP contribution < -0.4 is 10.1 Å². The van der Waals surface area contributed by atoms with Gasteiger partial charge in [0.1, 0.15) is 17.9 Å². The summed E-state index contributed by atoms with van der Waals surface area (Å²) in [6.07, 6.45) is 5.44. The van der Waals surface area contributed by atoms with Crippen molar-refractivity contribution in [1.82, 2.24) is 14.8 Å². The molecule has 2 aromatic heterocycles. The van der Waals surface area contributed by atoms with Gasteiger partial charge in [0.15, 0.2) is 5.65 Å². The Bertz CT molecular complexity index is 993. The van der Waals surface area contributed by atoms with Crippen molar-refractivity contribution in [2.45, 2.75) is 37.7 Å². The van der Waals surface area contributed by atoms with Gasteiger partial charge in [-0.25, -0.2) is 14.5 Å². The number of hydrogen-bond donors (Lipinski definition) is 1. The van der Waals surface area contributed by atoms with Crippen LogP contribution in [0.4, 0.5) is 5.69 Å². The van der Waals surface area contributed by atoms with Crippen LogP contribution >= 0.6 is 24.0 Å². The molecule has 30 heavy (non-hydrogen) atoms. The number of benzene rings is 1. The number of halogens is 2. The van der Waals surface area contributed by atoms with E-state index in [-0.39, 0.29) is 23.8 Å². The topological polar surface area (TPSA) is 78.3 Å². The first kappa shape index (κ1) is 22.2. The molecule has 0 spiro atoms. The number of nitrogens with one attached hydrogen (secondary N) is 1. The number of pyridine rings is 1. The molecular formula is C21H24Cl2N4O3. The molecule has 1 unspecified atom stereocenters. The van der Waals surface area contributed by atoms with Crippen molar-refractivity contribution in [3.05, 3.63) is 48.3 Å². The van der Waals surface area contributed by atoms with Gasteiger partial charge in [-0.05, 0) is 31.9 Å². The Balaban J connectivity index is 0.00000256. The van der Waals surface area contributed by atoms with Crippen LogP contribution in [0.2, 0.25) is 0 Å². The lowest BCUT2D eigenvalue weighted by molar-refractivity contribution is 0.0527. The molecular weight excluding hydrogens is 427 g/mol. The predicted octanol–water partition coefficient (Wildman–Crippen LogP) is 4.29. The lowest BCUT2D eigenvalue weighted by Crippen LogP contribution is -2.19. The number of aromatic nitrogens is 3. The van der Waals surface area contributed by atoms with E-state index >= 15 is 0 Å². The maximum Gasteiger partial charge on any atom is 0.341 e. The van der Waals surface area contributed by atoms with E-state index in [1.807, 2.05) is 30.3 Å². The first-order chi connectivity index (χ1) is 14.2. The number of esters is 1. The van der Waals surface area contributed by atoms with Gasteiger partial charge in [-0.2, -0.15) is 5.10 Å². The number of alkyl halides is 1. The van der Waals surface area contributed by atoms with Crippen LogP contribution in [0.25, 0.3) is 11.0 Å². The third-order valence-corrected chi connectivity index (χ3v) is 4.90. The number of rotatable bonds is 9. The van der Waals surface area contributed by atoms with Gasteiger partial charge in [-0.15, -0.1) is 24.0 Å². The Morgan fingerprint density at radius 2 is 2.07 bits per heavy atom. The molecule has 9 heteroatoms. The minimum Gasteiger partial charge on any atom is -0.492 e. The van der Waals surface area contributed by atoms with Gasteiger partial charge in [-0.1, -0.05) is 18.2 Å². The minimum absolute atomic E-state index is 0. The van der Waals surface area contributed by atoms with Gasteiger partial charge in [0.2, 0.25) is 0 Å². The van der Waals surface area contributed by atoms with E-state index < -0.39 is 0 Å². The molecule has 1 aliphatic carbocycles. The normalized spacial score (nSPS) is 14.1. The SMILES string of the molecule is CCOC(=O)c1cnc2c(cnn2CC(Cl)COc2ccccc2)c1NC1CC1.Cl. The summed E-state index contributed by atoms with van der Waals surface area (Å²) >= 11 is 6.48. The highest BCUT2D eigenvalue weighted by atomic mass is 35.5. The molecule has 1 atom stereocenters. The minimum atomic E-state index is -0.385. The van der Waals surface area contributed by atoms with Crippen molar-refractivity contribution in [3.63, 3.8) is 0 Å². The van der Waals surface area contributed by atoms with Crippen LogP contribution in [0.5, 0.6) is 5.75 Å². The second-order valence-electron chi connectivity index (χ2n) is 6.97. The van der Waals surface area contributed by atoms with Crippen molar-refractivity contribution in [2.24, 2.45) is 0 Å². The monoisotopic (exact) mass is 450 g/mol. The number of carbonyl (C=O) groups is 1. The number of ether oxygens (including phenoxy) is 2. The summed E-state index contributed by atoms with van der Waals surface area (Å²) in [5, 5.41) is 8.38. The molecule has 0 radical (unpaired) electrons. The van der Waals surface area contributed by atoms with Crippen LogP contribution in [0, 0.1) is 0 Å². The molecule has 1 N–H and O–H groups in total. The van der Waals surface area contributed by atoms with E-state index in [1.54, 1.807) is 24.0 Å². The maximum atomic E-state index is 12.3. The fraction of sp³-hybridized carbons (Fsp3) is 0.381. The highest BCUT2D eigenvalue weighted by Crippen LogP contribution is 2.32. The molecule has 0 aliphatic heterocycles. The molecule has 2 heterocycles. The third-order valence-electron chi connectivity index (χ3n) is 4.63. The van der Waals surface area contributed by atoms with Crippen LogP contribution in [0.15, 0.2) is 42.7 Å². The van der Waals surface area contributed by atoms with Crippen LogP contribution in [-0.4, -0.2) is 45.4 Å². The summed E-state index contributed by atoms with van der Waals surface area (Å²) in [4.78, 5) is 16.8. The number of fused-ring (bicyclic) bond motifs is 1. The Morgan fingerprint density at radius 1 is 1.30 bits per heavy atom. The fourth-order valence-corrected chi connectivity index (χ4v) is 3.25. The Labute approximate surface area is 186 Å². The largest absolute Gasteiger partial charge is 0.492 e. The molecule has 1 saturated carbocycles. The van der Waals surface area contributed by atoms with Gasteiger partial charge in [0.25, 0.3) is 0 Å². The summed E-state index contributed by atoms with van der Waals surface area (Å²) in [5.41, 5.74) is 1.83. The van der Waals surface area contributed by atoms with Crippen LogP contribution in [0.3, 0.4) is 0 Å². The van der Waals surface area contributed by atoms with Crippen molar-refractivity contribution in [3.8, 4) is 5.75 Å². The quantitative estimate of drug-likeness (QED) is 0.386. The Morgan fingerprint density at radius 3 is 2.77 bits per heavy atom.